The van der Waals surface area contributed by atoms with Gasteiger partial charge in [0.15, 0.2) is 11.5 Å². The Labute approximate surface area is 264 Å². The fraction of sp³-hybridized carbons (Fsp3) is 0.516. The summed E-state index contributed by atoms with van der Waals surface area (Å²) in [4.78, 5) is 37.7. The Hall–Kier alpha value is -3.88. The molecule has 0 bridgehead atoms. The molecule has 3 amide bonds. The topological polar surface area (TPSA) is 173 Å². The smallest absolute Gasteiger partial charge is 0.407 e. The molecule has 0 unspecified atom stereocenters. The molecule has 0 saturated carbocycles. The summed E-state index contributed by atoms with van der Waals surface area (Å²) in [6.07, 6.45) is -1.95. The molecular weight excluding hydrogens is 604 g/mol. The number of amides is 3. The predicted molar refractivity (Wildman–Crippen MR) is 166 cm³/mol. The van der Waals surface area contributed by atoms with E-state index in [1.54, 1.807) is 20.8 Å². The number of alkyl carbamates (subject to hydrolysis) is 1. The van der Waals surface area contributed by atoms with E-state index in [0.29, 0.717) is 11.5 Å². The molecule has 1 aliphatic rings. The van der Waals surface area contributed by atoms with Crippen molar-refractivity contribution in [3.8, 4) is 11.5 Å². The number of aliphatic hydroxyl groups is 1. The number of fused-ring (bicyclic) bond motifs is 1. The van der Waals surface area contributed by atoms with Gasteiger partial charge in [-0.05, 0) is 35.4 Å². The predicted octanol–water partition coefficient (Wildman–Crippen LogP) is 2.04. The minimum absolute atomic E-state index is 0.00801. The fourth-order valence-corrected chi connectivity index (χ4v) is 6.37. The summed E-state index contributed by atoms with van der Waals surface area (Å²) in [5, 5.41) is 19.4. The second-order valence-electron chi connectivity index (χ2n) is 12.3. The Bertz CT molecular complexity index is 1430. The van der Waals surface area contributed by atoms with E-state index >= 15 is 0 Å². The number of nitrogens with zero attached hydrogens (tertiary/aromatic N) is 1. The number of carbonyl (C=O) groups excluding carboxylic acids is 3. The summed E-state index contributed by atoms with van der Waals surface area (Å²) >= 11 is 0. The van der Waals surface area contributed by atoms with Gasteiger partial charge in [0.05, 0.1) is 24.2 Å². The Kier molecular flexibility index (Phi) is 12.2. The highest BCUT2D eigenvalue weighted by Crippen LogP contribution is 2.35. The third-order valence-electron chi connectivity index (χ3n) is 7.04. The molecule has 1 aliphatic heterocycles. The highest BCUT2D eigenvalue weighted by molar-refractivity contribution is 7.89. The van der Waals surface area contributed by atoms with Crippen molar-refractivity contribution in [2.45, 2.75) is 64.1 Å². The highest BCUT2D eigenvalue weighted by Gasteiger charge is 2.37. The summed E-state index contributed by atoms with van der Waals surface area (Å²) in [5.74, 6) is -0.525. The fourth-order valence-electron chi connectivity index (χ4n) is 4.73. The number of hydrogen-bond donors (Lipinski definition) is 4. The number of sulfonamides is 1. The lowest BCUT2D eigenvalue weighted by molar-refractivity contribution is -0.132. The lowest BCUT2D eigenvalue weighted by Gasteiger charge is -2.34. The van der Waals surface area contributed by atoms with Crippen LogP contribution in [0.1, 0.15) is 40.2 Å². The van der Waals surface area contributed by atoms with Crippen LogP contribution in [0, 0.1) is 11.3 Å². The molecule has 14 heteroatoms. The van der Waals surface area contributed by atoms with Gasteiger partial charge in [0.25, 0.3) is 0 Å². The van der Waals surface area contributed by atoms with Crippen molar-refractivity contribution in [3.63, 3.8) is 0 Å². The quantitative estimate of drug-likeness (QED) is 0.239. The van der Waals surface area contributed by atoms with Gasteiger partial charge in [-0.25, -0.2) is 13.2 Å². The number of carbonyl (C=O) groups is 3. The molecule has 4 N–H and O–H groups in total. The van der Waals surface area contributed by atoms with Gasteiger partial charge in [0.2, 0.25) is 28.6 Å². The van der Waals surface area contributed by atoms with Crippen molar-refractivity contribution in [2.24, 2.45) is 11.3 Å². The van der Waals surface area contributed by atoms with Crippen LogP contribution in [-0.2, 0) is 30.8 Å². The van der Waals surface area contributed by atoms with E-state index in [2.05, 4.69) is 20.7 Å². The van der Waals surface area contributed by atoms with Gasteiger partial charge in [-0.3, -0.25) is 9.59 Å². The van der Waals surface area contributed by atoms with E-state index in [1.165, 1.54) is 29.6 Å². The van der Waals surface area contributed by atoms with Gasteiger partial charge < -0.3 is 35.3 Å². The van der Waals surface area contributed by atoms with Crippen molar-refractivity contribution < 1.29 is 42.1 Å². The Morgan fingerprint density at radius 3 is 2.29 bits per heavy atom. The van der Waals surface area contributed by atoms with E-state index in [9.17, 15) is 27.9 Å². The lowest BCUT2D eigenvalue weighted by atomic mass is 9.85. The average Bonchev–Trinajstić information content (AvgIpc) is 3.45. The van der Waals surface area contributed by atoms with Crippen LogP contribution in [0.15, 0.2) is 53.4 Å². The normalized spacial score (nSPS) is 14.9. The number of aliphatic hydroxyl groups excluding tert-OH is 1. The molecule has 3 atom stereocenters. The van der Waals surface area contributed by atoms with E-state index in [-0.39, 0.29) is 37.1 Å². The van der Waals surface area contributed by atoms with Crippen molar-refractivity contribution in [1.82, 2.24) is 20.3 Å². The molecule has 13 nitrogen and oxygen atoms in total. The maximum absolute atomic E-state index is 13.8. The first-order valence-electron chi connectivity index (χ1n) is 14.6. The van der Waals surface area contributed by atoms with Crippen LogP contribution in [0.4, 0.5) is 4.79 Å². The van der Waals surface area contributed by atoms with Crippen LogP contribution in [0.5, 0.6) is 11.5 Å². The average molecular weight is 649 g/mol. The van der Waals surface area contributed by atoms with Crippen molar-refractivity contribution in [2.75, 3.05) is 33.5 Å². The molecule has 0 spiro atoms. The van der Waals surface area contributed by atoms with Gasteiger partial charge in [-0.1, -0.05) is 65.0 Å². The van der Waals surface area contributed by atoms with E-state index in [1.807, 2.05) is 44.2 Å². The van der Waals surface area contributed by atoms with Crippen LogP contribution >= 0.6 is 0 Å². The minimum atomic E-state index is -4.10. The first-order chi connectivity index (χ1) is 21.1. The molecular formula is C31H44N4O9S. The number of hydrogen-bond acceptors (Lipinski definition) is 9. The van der Waals surface area contributed by atoms with Crippen LogP contribution in [-0.4, -0.2) is 87.5 Å². The minimum Gasteiger partial charge on any atom is -0.454 e. The van der Waals surface area contributed by atoms with E-state index in [4.69, 9.17) is 9.47 Å². The lowest BCUT2D eigenvalue weighted by Crippen LogP contribution is -2.59. The third-order valence-corrected chi connectivity index (χ3v) is 8.87. The molecule has 1 heterocycles. The van der Waals surface area contributed by atoms with Gasteiger partial charge in [0.1, 0.15) is 12.6 Å². The maximum atomic E-state index is 13.8. The van der Waals surface area contributed by atoms with Crippen molar-refractivity contribution in [1.29, 1.82) is 0 Å². The summed E-state index contributed by atoms with van der Waals surface area (Å²) in [6, 6.07) is 11.5. The molecule has 2 aromatic rings. The van der Waals surface area contributed by atoms with Crippen molar-refractivity contribution in [3.05, 3.63) is 54.1 Å². The summed E-state index contributed by atoms with van der Waals surface area (Å²) < 4.78 is 44.1. The molecule has 0 saturated heterocycles. The zero-order valence-electron chi connectivity index (χ0n) is 26.5. The summed E-state index contributed by atoms with van der Waals surface area (Å²) in [5.41, 5.74) is 0.0362. The zero-order chi connectivity index (χ0) is 33.4. The Morgan fingerprint density at radius 2 is 1.67 bits per heavy atom. The second-order valence-corrected chi connectivity index (χ2v) is 14.3. The first-order valence-corrected chi connectivity index (χ1v) is 16.1. The van der Waals surface area contributed by atoms with E-state index < -0.39 is 58.1 Å². The molecule has 0 fully saturated rings. The monoisotopic (exact) mass is 648 g/mol. The Balaban J connectivity index is 1.87. The zero-order valence-corrected chi connectivity index (χ0v) is 27.3. The number of benzene rings is 2. The summed E-state index contributed by atoms with van der Waals surface area (Å²) in [7, 11) is -2.93. The maximum Gasteiger partial charge on any atom is 0.407 e. The van der Waals surface area contributed by atoms with Crippen LogP contribution in [0.2, 0.25) is 0 Å². The molecule has 2 aromatic carbocycles. The highest BCUT2D eigenvalue weighted by atomic mass is 32.2. The van der Waals surface area contributed by atoms with Crippen LogP contribution < -0.4 is 25.4 Å². The second kappa shape index (κ2) is 15.4. The Morgan fingerprint density at radius 1 is 1.00 bits per heavy atom. The standard InChI is InChI=1S/C31H44N4O9S/c1-20(2)17-35(45(40,41)22-12-13-25-26(15-22)44-19-43-25)18-24(36)23(14-21-10-8-7-9-11-21)33-29(38)28(31(3,4)5)34-27(37)16-32-30(39)42-6/h7-13,15,20,23-24,28,36H,14,16-19H2,1-6H3,(H,32,39)(H,33,38)(H,34,37)/t23-,24+,28+/m0/s1. The van der Waals surface area contributed by atoms with Crippen LogP contribution in [0.3, 0.4) is 0 Å². The number of nitrogens with one attached hydrogen (secondary N) is 3. The van der Waals surface area contributed by atoms with Crippen molar-refractivity contribution >= 4 is 27.9 Å². The molecule has 0 radical (unpaired) electrons. The molecule has 248 valence electrons. The largest absolute Gasteiger partial charge is 0.454 e. The SMILES string of the molecule is COC(=O)NCC(=O)N[C@H](C(=O)N[C@@H](Cc1ccccc1)[C@H](O)CN(CC(C)C)S(=O)(=O)c1ccc2c(c1)OCO2)C(C)(C)C. The molecule has 45 heavy (non-hydrogen) atoms. The van der Waals surface area contributed by atoms with Crippen LogP contribution in [0.25, 0.3) is 0 Å². The number of rotatable bonds is 14. The third kappa shape index (κ3) is 10.1. The van der Waals surface area contributed by atoms with Gasteiger partial charge in [0, 0.05) is 19.2 Å². The number of ether oxygens (including phenoxy) is 3. The molecule has 3 rings (SSSR count). The summed E-state index contributed by atoms with van der Waals surface area (Å²) in [6.45, 7) is 8.38. The number of methoxy groups -OCH3 is 1. The van der Waals surface area contributed by atoms with E-state index in [0.717, 1.165) is 5.56 Å². The van der Waals surface area contributed by atoms with Gasteiger partial charge >= 0.3 is 6.09 Å². The molecule has 0 aliphatic carbocycles. The van der Waals surface area contributed by atoms with Gasteiger partial charge in [-0.15, -0.1) is 0 Å². The van der Waals surface area contributed by atoms with Gasteiger partial charge in [-0.2, -0.15) is 4.31 Å². The first kappa shape index (κ1) is 35.6. The molecule has 0 aromatic heterocycles.